The molecule has 0 aliphatic heterocycles. The molecule has 0 aliphatic rings. The van der Waals surface area contributed by atoms with E-state index in [0.29, 0.717) is 29.3 Å². The third-order valence-electron chi connectivity index (χ3n) is 4.82. The summed E-state index contributed by atoms with van der Waals surface area (Å²) in [6.45, 7) is 4.33. The summed E-state index contributed by atoms with van der Waals surface area (Å²) in [4.78, 5) is 29.6. The van der Waals surface area contributed by atoms with E-state index in [2.05, 4.69) is 4.98 Å². The molecule has 4 aromatic rings. The van der Waals surface area contributed by atoms with Gasteiger partial charge in [0.25, 0.3) is 5.56 Å². The van der Waals surface area contributed by atoms with Gasteiger partial charge in [-0.2, -0.15) is 4.98 Å². The number of hydrogen-bond acceptors (Lipinski definition) is 4. The third kappa shape index (κ3) is 2.49. The van der Waals surface area contributed by atoms with Gasteiger partial charge in [-0.25, -0.2) is 4.79 Å². The molecule has 0 saturated heterocycles. The van der Waals surface area contributed by atoms with E-state index in [1.54, 1.807) is 11.4 Å². The minimum atomic E-state index is -0.406. The van der Waals surface area contributed by atoms with Gasteiger partial charge in [0, 0.05) is 26.0 Å². The van der Waals surface area contributed by atoms with Crippen LogP contribution < -0.4 is 16.0 Å². The first kappa shape index (κ1) is 17.8. The molecule has 3 heterocycles. The summed E-state index contributed by atoms with van der Waals surface area (Å²) < 4.78 is 12.0. The van der Waals surface area contributed by atoms with Gasteiger partial charge in [0.05, 0.1) is 5.69 Å². The molecule has 0 aliphatic carbocycles. The lowest BCUT2D eigenvalue weighted by Gasteiger charge is -2.12. The van der Waals surface area contributed by atoms with Crippen LogP contribution in [0.5, 0.6) is 5.75 Å². The molecule has 0 fully saturated rings. The molecule has 0 unspecified atom stereocenters. The summed E-state index contributed by atoms with van der Waals surface area (Å²) in [6, 6.07) is 7.66. The van der Waals surface area contributed by atoms with Crippen molar-refractivity contribution in [2.45, 2.75) is 13.8 Å². The van der Waals surface area contributed by atoms with Gasteiger partial charge in [0.1, 0.15) is 12.4 Å². The fourth-order valence-corrected chi connectivity index (χ4v) is 3.38. The van der Waals surface area contributed by atoms with Crippen molar-refractivity contribution in [2.75, 3.05) is 6.61 Å². The van der Waals surface area contributed by atoms with Crippen molar-refractivity contribution in [3.63, 3.8) is 0 Å². The molecule has 0 atom stereocenters. The van der Waals surface area contributed by atoms with Gasteiger partial charge in [0.15, 0.2) is 11.2 Å². The van der Waals surface area contributed by atoms with Crippen LogP contribution in [0.2, 0.25) is 0 Å². The van der Waals surface area contributed by atoms with E-state index in [1.807, 2.05) is 61.0 Å². The molecule has 4 rings (SSSR count). The van der Waals surface area contributed by atoms with Gasteiger partial charge < -0.3 is 4.74 Å². The number of ether oxygens (including phenoxy) is 1. The number of aromatic nitrogens is 5. The third-order valence-corrected chi connectivity index (χ3v) is 4.82. The van der Waals surface area contributed by atoms with Crippen molar-refractivity contribution in [1.82, 2.24) is 23.1 Å². The largest absolute Gasteiger partial charge is 0.487 e. The van der Waals surface area contributed by atoms with E-state index in [1.165, 1.54) is 11.6 Å². The summed E-state index contributed by atoms with van der Waals surface area (Å²) in [5.74, 6) is 1.25. The lowest BCUT2D eigenvalue weighted by atomic mass is 10.3. The normalized spacial score (nSPS) is 11.9. The van der Waals surface area contributed by atoms with Crippen molar-refractivity contribution >= 4 is 16.9 Å². The Morgan fingerprint density at radius 3 is 2.64 bits per heavy atom. The molecule has 0 amide bonds. The van der Waals surface area contributed by atoms with Crippen LogP contribution in [0, 0.1) is 6.92 Å². The molecule has 28 heavy (non-hydrogen) atoms. The predicted octanol–water partition coefficient (Wildman–Crippen LogP) is 1.94. The van der Waals surface area contributed by atoms with Crippen LogP contribution in [0.15, 0.2) is 52.2 Å². The average Bonchev–Trinajstić information content (AvgIpc) is 3.20. The Morgan fingerprint density at radius 2 is 1.89 bits per heavy atom. The van der Waals surface area contributed by atoms with Crippen molar-refractivity contribution in [1.29, 1.82) is 0 Å². The van der Waals surface area contributed by atoms with Gasteiger partial charge in [-0.05, 0) is 26.0 Å². The fourth-order valence-electron chi connectivity index (χ4n) is 3.38. The summed E-state index contributed by atoms with van der Waals surface area (Å²) in [5, 5.41) is 0. The monoisotopic (exact) mass is 379 g/mol. The number of hydrogen-bond donors (Lipinski definition) is 0. The number of nitrogens with zero attached hydrogens (tertiary/aromatic N) is 5. The first-order chi connectivity index (χ1) is 13.5. The van der Waals surface area contributed by atoms with Crippen LogP contribution in [0.3, 0.4) is 0 Å². The van der Waals surface area contributed by atoms with E-state index in [9.17, 15) is 9.59 Å². The Bertz CT molecular complexity index is 1350. The smallest absolute Gasteiger partial charge is 0.332 e. The van der Waals surface area contributed by atoms with E-state index < -0.39 is 5.69 Å². The minimum Gasteiger partial charge on any atom is -0.487 e. The summed E-state index contributed by atoms with van der Waals surface area (Å²) in [5.41, 5.74) is 1.65. The second-order valence-electron chi connectivity index (χ2n) is 6.61. The lowest BCUT2D eigenvalue weighted by molar-refractivity contribution is 0.361. The highest BCUT2D eigenvalue weighted by atomic mass is 16.5. The number of fused-ring (bicyclic) bond motifs is 3. The van der Waals surface area contributed by atoms with Crippen LogP contribution in [0.25, 0.3) is 22.6 Å². The van der Waals surface area contributed by atoms with Gasteiger partial charge in [-0.3, -0.25) is 22.9 Å². The zero-order chi connectivity index (χ0) is 20.0. The van der Waals surface area contributed by atoms with Crippen LogP contribution in [-0.2, 0) is 14.1 Å². The average molecular weight is 379 g/mol. The van der Waals surface area contributed by atoms with Crippen molar-refractivity contribution in [2.24, 2.45) is 14.1 Å². The van der Waals surface area contributed by atoms with Crippen LogP contribution in [-0.4, -0.2) is 29.7 Å². The lowest BCUT2D eigenvalue weighted by Crippen LogP contribution is -2.37. The standard InChI is InChI=1S/C20H21N5O3/c1-5-6-11-28-15-10-8-7-9-14(15)25-13(2)12-24-16-17(21-19(24)25)22(3)20(27)23(4)18(16)26/h5-10,12H,11H2,1-4H3/b6-5+. The Labute approximate surface area is 160 Å². The first-order valence-corrected chi connectivity index (χ1v) is 8.95. The SMILES string of the molecule is C/C=C/COc1ccccc1-n1c(C)cn2c3c(=O)n(C)c(=O)n(C)c3nc12. The van der Waals surface area contributed by atoms with Crippen LogP contribution >= 0.6 is 0 Å². The number of benzene rings is 1. The molecule has 1 aromatic carbocycles. The molecular formula is C20H21N5O3. The maximum atomic E-state index is 12.7. The molecule has 0 bridgehead atoms. The maximum Gasteiger partial charge on any atom is 0.332 e. The molecule has 0 spiro atoms. The van der Waals surface area contributed by atoms with E-state index >= 15 is 0 Å². The van der Waals surface area contributed by atoms with E-state index in [4.69, 9.17) is 4.74 Å². The minimum absolute atomic E-state index is 0.351. The van der Waals surface area contributed by atoms with E-state index in [-0.39, 0.29) is 5.56 Å². The topological polar surface area (TPSA) is 75.5 Å². The van der Waals surface area contributed by atoms with E-state index in [0.717, 1.165) is 15.9 Å². The molecule has 3 aromatic heterocycles. The quantitative estimate of drug-likeness (QED) is 0.508. The number of aryl methyl sites for hydroxylation is 2. The van der Waals surface area contributed by atoms with Crippen molar-refractivity contribution < 1.29 is 4.74 Å². The molecule has 0 saturated carbocycles. The van der Waals surface area contributed by atoms with Gasteiger partial charge >= 0.3 is 5.69 Å². The highest BCUT2D eigenvalue weighted by Gasteiger charge is 2.20. The highest BCUT2D eigenvalue weighted by Crippen LogP contribution is 2.27. The zero-order valence-electron chi connectivity index (χ0n) is 16.2. The van der Waals surface area contributed by atoms with Gasteiger partial charge in [0.2, 0.25) is 5.78 Å². The van der Waals surface area contributed by atoms with Crippen LogP contribution in [0.1, 0.15) is 12.6 Å². The summed E-state index contributed by atoms with van der Waals surface area (Å²) in [7, 11) is 3.08. The van der Waals surface area contributed by atoms with Crippen molar-refractivity contribution in [3.8, 4) is 11.4 Å². The molecule has 0 N–H and O–H groups in total. The number of allylic oxidation sites excluding steroid dienone is 1. The Balaban J connectivity index is 2.04. The maximum absolute atomic E-state index is 12.7. The van der Waals surface area contributed by atoms with Gasteiger partial charge in [-0.15, -0.1) is 0 Å². The highest BCUT2D eigenvalue weighted by molar-refractivity contribution is 5.76. The molecular weight excluding hydrogens is 358 g/mol. The Hall–Kier alpha value is -3.55. The zero-order valence-corrected chi connectivity index (χ0v) is 16.2. The molecule has 0 radical (unpaired) electrons. The number of rotatable bonds is 4. The first-order valence-electron chi connectivity index (χ1n) is 8.95. The van der Waals surface area contributed by atoms with Crippen LogP contribution in [0.4, 0.5) is 0 Å². The summed E-state index contributed by atoms with van der Waals surface area (Å²) in [6.07, 6.45) is 5.71. The Kier molecular flexibility index (Phi) is 4.18. The molecule has 144 valence electrons. The fraction of sp³-hybridized carbons (Fsp3) is 0.250. The molecule has 8 heteroatoms. The van der Waals surface area contributed by atoms with Crippen molar-refractivity contribution in [3.05, 3.63) is 69.1 Å². The Morgan fingerprint density at radius 1 is 1.14 bits per heavy atom. The van der Waals surface area contributed by atoms with Gasteiger partial charge in [-0.1, -0.05) is 24.3 Å². The number of imidazole rings is 2. The summed E-state index contributed by atoms with van der Waals surface area (Å²) >= 11 is 0. The second-order valence-corrected chi connectivity index (χ2v) is 6.61. The predicted molar refractivity (Wildman–Crippen MR) is 108 cm³/mol. The second kappa shape index (κ2) is 6.56. The number of para-hydroxylation sites is 2. The molecule has 8 nitrogen and oxygen atoms in total.